The van der Waals surface area contributed by atoms with Crippen LogP contribution in [0.5, 0.6) is 0 Å². The number of nitrogens with zero attached hydrogens (tertiary/aromatic N) is 3. The van der Waals surface area contributed by atoms with Gasteiger partial charge in [-0.1, -0.05) is 79.9 Å². The van der Waals surface area contributed by atoms with Crippen molar-refractivity contribution < 1.29 is 4.79 Å². The molecule has 1 N–H and O–H groups in total. The van der Waals surface area contributed by atoms with E-state index in [1.807, 2.05) is 30.5 Å². The minimum Gasteiger partial charge on any atom is -0.349 e. The van der Waals surface area contributed by atoms with Crippen LogP contribution in [0.3, 0.4) is 0 Å². The summed E-state index contributed by atoms with van der Waals surface area (Å²) < 4.78 is 2.23. The quantitative estimate of drug-likeness (QED) is 0.257. The number of carbonyl (C=O) groups excluding carboxylic acids is 1. The van der Waals surface area contributed by atoms with Gasteiger partial charge in [0.2, 0.25) is 0 Å². The van der Waals surface area contributed by atoms with E-state index in [4.69, 9.17) is 4.98 Å². The molecule has 0 spiro atoms. The van der Waals surface area contributed by atoms with Gasteiger partial charge >= 0.3 is 0 Å². The Kier molecular flexibility index (Phi) is 7.25. The predicted molar refractivity (Wildman–Crippen MR) is 138 cm³/mol. The summed E-state index contributed by atoms with van der Waals surface area (Å²) in [4.78, 5) is 21.9. The zero-order valence-electron chi connectivity index (χ0n) is 19.3. The molecule has 0 radical (unpaired) electrons. The lowest BCUT2D eigenvalue weighted by Crippen LogP contribution is -2.34. The summed E-state index contributed by atoms with van der Waals surface area (Å²) in [5.41, 5.74) is 5.14. The van der Waals surface area contributed by atoms with Crippen molar-refractivity contribution in [2.45, 2.75) is 62.0 Å². The molecule has 1 amide bonds. The summed E-state index contributed by atoms with van der Waals surface area (Å²) >= 11 is 1.71. The van der Waals surface area contributed by atoms with Crippen molar-refractivity contribution in [1.29, 1.82) is 0 Å². The molecule has 0 atom stereocenters. The molecule has 2 heterocycles. The Morgan fingerprint density at radius 3 is 2.47 bits per heavy atom. The zero-order valence-corrected chi connectivity index (χ0v) is 20.1. The Labute approximate surface area is 205 Å². The van der Waals surface area contributed by atoms with E-state index < -0.39 is 0 Å². The topological polar surface area (TPSA) is 59.8 Å². The third-order valence-corrected chi connectivity index (χ3v) is 7.52. The SMILES string of the molecule is O=C(NC1CCCCCC1)c1ccc(CSc2nc3ccncc3n2Cc2ccccc2)cc1. The van der Waals surface area contributed by atoms with E-state index >= 15 is 0 Å². The lowest BCUT2D eigenvalue weighted by atomic mass is 10.1. The van der Waals surface area contributed by atoms with Gasteiger partial charge in [0.25, 0.3) is 5.91 Å². The highest BCUT2D eigenvalue weighted by Crippen LogP contribution is 2.27. The molecule has 0 saturated heterocycles. The molecule has 4 aromatic rings. The minimum atomic E-state index is 0.0447. The van der Waals surface area contributed by atoms with Crippen LogP contribution in [0.4, 0.5) is 0 Å². The fourth-order valence-corrected chi connectivity index (χ4v) is 5.54. The van der Waals surface area contributed by atoms with Crippen LogP contribution >= 0.6 is 11.8 Å². The summed E-state index contributed by atoms with van der Waals surface area (Å²) in [7, 11) is 0. The standard InChI is InChI=1S/C28H30N4OS/c33-27(30-24-10-6-1-2-7-11-24)23-14-12-22(13-15-23)20-34-28-31-25-16-17-29-18-26(25)32(28)19-21-8-4-3-5-9-21/h3-5,8-9,12-18,24H,1-2,6-7,10-11,19-20H2,(H,30,33). The van der Waals surface area contributed by atoms with Crippen molar-refractivity contribution in [2.24, 2.45) is 0 Å². The number of thioether (sulfide) groups is 1. The van der Waals surface area contributed by atoms with Gasteiger partial charge < -0.3 is 9.88 Å². The van der Waals surface area contributed by atoms with E-state index in [0.29, 0.717) is 6.04 Å². The molecule has 1 saturated carbocycles. The second kappa shape index (κ2) is 10.9. The number of hydrogen-bond donors (Lipinski definition) is 1. The van der Waals surface area contributed by atoms with Crippen molar-refractivity contribution in [3.05, 3.63) is 89.7 Å². The second-order valence-electron chi connectivity index (χ2n) is 8.98. The number of hydrogen-bond acceptors (Lipinski definition) is 4. The first-order chi connectivity index (χ1) is 16.8. The van der Waals surface area contributed by atoms with Crippen molar-refractivity contribution in [3.8, 4) is 0 Å². The average Bonchev–Trinajstić information content (AvgIpc) is 3.02. The summed E-state index contributed by atoms with van der Waals surface area (Å²) in [5, 5.41) is 4.21. The van der Waals surface area contributed by atoms with Crippen LogP contribution in [0, 0.1) is 0 Å². The fourth-order valence-electron chi connectivity index (χ4n) is 4.57. The van der Waals surface area contributed by atoms with Crippen LogP contribution < -0.4 is 5.32 Å². The highest BCUT2D eigenvalue weighted by Gasteiger charge is 2.16. The molecule has 5 rings (SSSR count). The minimum absolute atomic E-state index is 0.0447. The Morgan fingerprint density at radius 2 is 1.71 bits per heavy atom. The van der Waals surface area contributed by atoms with E-state index in [1.54, 1.807) is 18.0 Å². The third kappa shape index (κ3) is 5.50. The molecule has 174 valence electrons. The number of fused-ring (bicyclic) bond motifs is 1. The first-order valence-corrected chi connectivity index (χ1v) is 13.1. The molecule has 0 aliphatic heterocycles. The number of pyridine rings is 1. The van der Waals surface area contributed by atoms with Crippen LogP contribution in [0.2, 0.25) is 0 Å². The van der Waals surface area contributed by atoms with Crippen molar-refractivity contribution >= 4 is 28.7 Å². The molecule has 5 nitrogen and oxygen atoms in total. The van der Waals surface area contributed by atoms with Gasteiger partial charge in [-0.3, -0.25) is 9.78 Å². The van der Waals surface area contributed by atoms with Crippen LogP contribution in [-0.2, 0) is 12.3 Å². The number of rotatable bonds is 7. The first kappa shape index (κ1) is 22.7. The molecule has 0 bridgehead atoms. The van der Waals surface area contributed by atoms with E-state index in [1.165, 1.54) is 36.8 Å². The molecule has 2 aromatic heterocycles. The van der Waals surface area contributed by atoms with Crippen LogP contribution in [0.15, 0.2) is 78.2 Å². The molecular weight excluding hydrogens is 440 g/mol. The van der Waals surface area contributed by atoms with Gasteiger partial charge in [-0.2, -0.15) is 0 Å². The van der Waals surface area contributed by atoms with Gasteiger partial charge in [0.05, 0.1) is 23.8 Å². The number of carbonyl (C=O) groups is 1. The van der Waals surface area contributed by atoms with Crippen LogP contribution in [0.25, 0.3) is 11.0 Å². The second-order valence-corrected chi connectivity index (χ2v) is 9.92. The number of amides is 1. The molecule has 6 heteroatoms. The van der Waals surface area contributed by atoms with Gasteiger partial charge in [0.15, 0.2) is 5.16 Å². The maximum Gasteiger partial charge on any atom is 0.251 e. The Hall–Kier alpha value is -3.12. The Balaban J connectivity index is 1.26. The predicted octanol–water partition coefficient (Wildman–Crippen LogP) is 6.22. The highest BCUT2D eigenvalue weighted by atomic mass is 32.2. The summed E-state index contributed by atoms with van der Waals surface area (Å²) in [6.45, 7) is 0.756. The lowest BCUT2D eigenvalue weighted by molar-refractivity contribution is 0.0933. The van der Waals surface area contributed by atoms with E-state index in [2.05, 4.69) is 51.3 Å². The zero-order chi connectivity index (χ0) is 23.2. The molecule has 2 aromatic carbocycles. The number of benzene rings is 2. The van der Waals surface area contributed by atoms with Gasteiger partial charge in [-0.25, -0.2) is 4.98 Å². The van der Waals surface area contributed by atoms with Gasteiger partial charge in [-0.15, -0.1) is 0 Å². The smallest absolute Gasteiger partial charge is 0.251 e. The summed E-state index contributed by atoms with van der Waals surface area (Å²) in [6, 6.07) is 20.7. The summed E-state index contributed by atoms with van der Waals surface area (Å²) in [6.07, 6.45) is 10.9. The molecule has 0 unspecified atom stereocenters. The Morgan fingerprint density at radius 1 is 0.941 bits per heavy atom. The number of nitrogens with one attached hydrogen (secondary N) is 1. The molecule has 1 aliphatic carbocycles. The lowest BCUT2D eigenvalue weighted by Gasteiger charge is -2.16. The molecule has 34 heavy (non-hydrogen) atoms. The third-order valence-electron chi connectivity index (χ3n) is 6.47. The highest BCUT2D eigenvalue weighted by molar-refractivity contribution is 7.98. The average molecular weight is 471 g/mol. The normalized spacial score (nSPS) is 14.7. The summed E-state index contributed by atoms with van der Waals surface area (Å²) in [5.74, 6) is 0.832. The van der Waals surface area contributed by atoms with Gasteiger partial charge in [-0.05, 0) is 42.2 Å². The molecular formula is C28H30N4OS. The maximum atomic E-state index is 12.7. The van der Waals surface area contributed by atoms with Crippen LogP contribution in [-0.4, -0.2) is 26.5 Å². The van der Waals surface area contributed by atoms with E-state index in [0.717, 1.165) is 46.9 Å². The molecule has 1 aliphatic rings. The van der Waals surface area contributed by atoms with Gasteiger partial charge in [0.1, 0.15) is 0 Å². The van der Waals surface area contributed by atoms with Crippen LogP contribution in [0.1, 0.15) is 60.0 Å². The fraction of sp³-hybridized carbons (Fsp3) is 0.321. The van der Waals surface area contributed by atoms with E-state index in [-0.39, 0.29) is 5.91 Å². The number of aromatic nitrogens is 3. The largest absolute Gasteiger partial charge is 0.349 e. The number of imidazole rings is 1. The maximum absolute atomic E-state index is 12.7. The monoisotopic (exact) mass is 470 g/mol. The first-order valence-electron chi connectivity index (χ1n) is 12.1. The Bertz CT molecular complexity index is 1230. The van der Waals surface area contributed by atoms with Crippen molar-refractivity contribution in [1.82, 2.24) is 19.9 Å². The van der Waals surface area contributed by atoms with Gasteiger partial charge in [0, 0.05) is 23.6 Å². The van der Waals surface area contributed by atoms with Crippen molar-refractivity contribution in [3.63, 3.8) is 0 Å². The molecule has 1 fully saturated rings. The van der Waals surface area contributed by atoms with E-state index in [9.17, 15) is 4.79 Å². The van der Waals surface area contributed by atoms with Crippen molar-refractivity contribution in [2.75, 3.05) is 0 Å².